The molecule has 0 bridgehead atoms. The van der Waals surface area contributed by atoms with E-state index < -0.39 is 0 Å². The van der Waals surface area contributed by atoms with Crippen LogP contribution in [0.25, 0.3) is 0 Å². The monoisotopic (exact) mass is 418 g/mol. The summed E-state index contributed by atoms with van der Waals surface area (Å²) < 4.78 is 16.8. The van der Waals surface area contributed by atoms with E-state index in [0.29, 0.717) is 25.6 Å². The van der Waals surface area contributed by atoms with Gasteiger partial charge in [0.1, 0.15) is 6.61 Å². The minimum absolute atomic E-state index is 0.270. The minimum atomic E-state index is 0.270. The highest BCUT2D eigenvalue weighted by Crippen LogP contribution is 2.32. The Balaban J connectivity index is 1.38. The van der Waals surface area contributed by atoms with Crippen molar-refractivity contribution >= 4 is 5.96 Å². The minimum Gasteiger partial charge on any atom is -0.473 e. The second-order valence-corrected chi connectivity index (χ2v) is 6.98. The summed E-state index contributed by atoms with van der Waals surface area (Å²) >= 11 is 0. The lowest BCUT2D eigenvalue weighted by atomic mass is 10.2. The molecule has 0 saturated heterocycles. The molecule has 3 aromatic rings. The number of rotatable bonds is 8. The van der Waals surface area contributed by atoms with Crippen molar-refractivity contribution in [1.29, 1.82) is 0 Å². The molecule has 2 N–H and O–H groups in total. The lowest BCUT2D eigenvalue weighted by Crippen LogP contribution is -2.36. The van der Waals surface area contributed by atoms with Crippen molar-refractivity contribution in [3.8, 4) is 17.4 Å². The summed E-state index contributed by atoms with van der Waals surface area (Å²) in [5, 5.41) is 6.64. The summed E-state index contributed by atoms with van der Waals surface area (Å²) in [6.07, 6.45) is 1.74. The van der Waals surface area contributed by atoms with Crippen LogP contribution in [0.2, 0.25) is 0 Å². The van der Waals surface area contributed by atoms with Gasteiger partial charge in [-0.15, -0.1) is 0 Å². The lowest BCUT2D eigenvalue weighted by Gasteiger charge is -2.14. The molecule has 0 spiro atoms. The molecule has 7 nitrogen and oxygen atoms in total. The normalized spacial score (nSPS) is 12.5. The van der Waals surface area contributed by atoms with Gasteiger partial charge in [-0.3, -0.25) is 0 Å². The number of hydrogen-bond acceptors (Lipinski definition) is 5. The second-order valence-electron chi connectivity index (χ2n) is 6.98. The van der Waals surface area contributed by atoms with Gasteiger partial charge in [-0.05, 0) is 36.2 Å². The van der Waals surface area contributed by atoms with E-state index in [2.05, 4.69) is 20.6 Å². The maximum Gasteiger partial charge on any atom is 0.231 e. The molecule has 4 rings (SSSR count). The molecule has 0 saturated carbocycles. The molecule has 0 atom stereocenters. The highest BCUT2D eigenvalue weighted by Gasteiger charge is 2.13. The van der Waals surface area contributed by atoms with E-state index in [9.17, 15) is 0 Å². The van der Waals surface area contributed by atoms with E-state index in [1.54, 1.807) is 6.20 Å². The number of benzene rings is 2. The zero-order valence-corrected chi connectivity index (χ0v) is 17.5. The first kappa shape index (κ1) is 20.5. The molecule has 0 amide bonds. The van der Waals surface area contributed by atoms with E-state index in [1.165, 1.54) is 0 Å². The van der Waals surface area contributed by atoms with Crippen molar-refractivity contribution in [2.45, 2.75) is 26.6 Å². The molecule has 0 radical (unpaired) electrons. The molecule has 0 aliphatic carbocycles. The third-order valence-electron chi connectivity index (χ3n) is 4.72. The van der Waals surface area contributed by atoms with Gasteiger partial charge in [0.05, 0.1) is 6.54 Å². The molecule has 160 valence electrons. The summed E-state index contributed by atoms with van der Waals surface area (Å²) in [5.41, 5.74) is 3.12. The largest absolute Gasteiger partial charge is 0.473 e. The van der Waals surface area contributed by atoms with E-state index >= 15 is 0 Å². The first-order valence-electron chi connectivity index (χ1n) is 10.3. The molecule has 1 aliphatic heterocycles. The zero-order valence-electron chi connectivity index (χ0n) is 17.5. The number of ether oxygens (including phenoxy) is 3. The van der Waals surface area contributed by atoms with E-state index in [1.807, 2.05) is 67.6 Å². The Bertz CT molecular complexity index is 1020. The fourth-order valence-corrected chi connectivity index (χ4v) is 3.14. The summed E-state index contributed by atoms with van der Waals surface area (Å²) in [7, 11) is 0. The summed E-state index contributed by atoms with van der Waals surface area (Å²) in [6.45, 7) is 4.62. The van der Waals surface area contributed by atoms with Gasteiger partial charge in [0.25, 0.3) is 0 Å². The fourth-order valence-electron chi connectivity index (χ4n) is 3.14. The van der Waals surface area contributed by atoms with E-state index in [-0.39, 0.29) is 6.79 Å². The van der Waals surface area contributed by atoms with Gasteiger partial charge < -0.3 is 24.8 Å². The molecule has 31 heavy (non-hydrogen) atoms. The maximum absolute atomic E-state index is 5.95. The van der Waals surface area contributed by atoms with Crippen LogP contribution in [0.4, 0.5) is 0 Å². The Hall–Kier alpha value is -3.74. The van der Waals surface area contributed by atoms with Gasteiger partial charge in [0.2, 0.25) is 12.7 Å². The number of nitrogens with one attached hydrogen (secondary N) is 2. The van der Waals surface area contributed by atoms with Crippen molar-refractivity contribution in [3.05, 3.63) is 83.6 Å². The lowest BCUT2D eigenvalue weighted by molar-refractivity contribution is 0.174. The van der Waals surface area contributed by atoms with E-state index in [4.69, 9.17) is 14.2 Å². The average molecular weight is 418 g/mol. The molecule has 0 unspecified atom stereocenters. The number of aromatic nitrogens is 1. The van der Waals surface area contributed by atoms with Gasteiger partial charge in [0.15, 0.2) is 17.5 Å². The van der Waals surface area contributed by atoms with Crippen LogP contribution in [-0.4, -0.2) is 24.3 Å². The Morgan fingerprint density at radius 3 is 2.74 bits per heavy atom. The first-order valence-corrected chi connectivity index (χ1v) is 10.3. The van der Waals surface area contributed by atoms with Crippen LogP contribution in [0.1, 0.15) is 23.6 Å². The first-order chi connectivity index (χ1) is 15.3. The Morgan fingerprint density at radius 1 is 1.00 bits per heavy atom. The molecule has 7 heteroatoms. The van der Waals surface area contributed by atoms with Crippen LogP contribution in [0.5, 0.6) is 17.4 Å². The third kappa shape index (κ3) is 5.66. The molecule has 2 aromatic carbocycles. The van der Waals surface area contributed by atoms with Crippen molar-refractivity contribution in [2.75, 3.05) is 13.3 Å². The third-order valence-corrected chi connectivity index (χ3v) is 4.72. The van der Waals surface area contributed by atoms with Gasteiger partial charge in [-0.25, -0.2) is 9.98 Å². The highest BCUT2D eigenvalue weighted by molar-refractivity contribution is 5.79. The van der Waals surface area contributed by atoms with Gasteiger partial charge >= 0.3 is 0 Å². The Kier molecular flexibility index (Phi) is 6.85. The molecule has 2 heterocycles. The average Bonchev–Trinajstić information content (AvgIpc) is 3.29. The number of aliphatic imine (C=N–C) groups is 1. The SMILES string of the molecule is CCNC(=NCc1ccc2c(c1)OCO2)NCc1cccnc1OCc1ccccc1. The predicted octanol–water partition coefficient (Wildman–Crippen LogP) is 3.64. The van der Waals surface area contributed by atoms with Crippen LogP contribution >= 0.6 is 0 Å². The number of pyridine rings is 1. The van der Waals surface area contributed by atoms with Crippen molar-refractivity contribution < 1.29 is 14.2 Å². The van der Waals surface area contributed by atoms with Crippen LogP contribution in [0, 0.1) is 0 Å². The number of nitrogens with zero attached hydrogens (tertiary/aromatic N) is 2. The molecule has 0 fully saturated rings. The standard InChI is InChI=1S/C24H26N4O3/c1-2-25-24(27-14-19-10-11-21-22(13-19)31-17-30-21)28-15-20-9-6-12-26-23(20)29-16-18-7-4-3-5-8-18/h3-13H,2,14-17H2,1H3,(H2,25,27,28). The number of guanidine groups is 1. The topological polar surface area (TPSA) is 77.0 Å². The predicted molar refractivity (Wildman–Crippen MR) is 119 cm³/mol. The molecular weight excluding hydrogens is 392 g/mol. The van der Waals surface area contributed by atoms with Crippen LogP contribution in [0.15, 0.2) is 71.9 Å². The highest BCUT2D eigenvalue weighted by atomic mass is 16.7. The summed E-state index contributed by atoms with van der Waals surface area (Å²) in [4.78, 5) is 9.08. The Labute approximate surface area is 182 Å². The quantitative estimate of drug-likeness (QED) is 0.430. The van der Waals surface area contributed by atoms with Crippen LogP contribution in [0.3, 0.4) is 0 Å². The molecular formula is C24H26N4O3. The number of fused-ring (bicyclic) bond motifs is 1. The van der Waals surface area contributed by atoms with Gasteiger partial charge in [-0.1, -0.05) is 42.5 Å². The Morgan fingerprint density at radius 2 is 1.87 bits per heavy atom. The zero-order chi connectivity index (χ0) is 21.3. The van der Waals surface area contributed by atoms with Crippen LogP contribution in [-0.2, 0) is 19.7 Å². The molecule has 1 aromatic heterocycles. The van der Waals surface area contributed by atoms with Gasteiger partial charge in [0, 0.05) is 24.8 Å². The van der Waals surface area contributed by atoms with Gasteiger partial charge in [-0.2, -0.15) is 0 Å². The molecule has 1 aliphatic rings. The van der Waals surface area contributed by atoms with E-state index in [0.717, 1.165) is 40.7 Å². The van der Waals surface area contributed by atoms with Crippen LogP contribution < -0.4 is 24.8 Å². The van der Waals surface area contributed by atoms with Crippen molar-refractivity contribution in [1.82, 2.24) is 15.6 Å². The second kappa shape index (κ2) is 10.3. The summed E-state index contributed by atoms with van der Waals surface area (Å²) in [6, 6.07) is 19.8. The number of hydrogen-bond donors (Lipinski definition) is 2. The van der Waals surface area contributed by atoms with Crippen molar-refractivity contribution in [3.63, 3.8) is 0 Å². The smallest absolute Gasteiger partial charge is 0.231 e. The fraction of sp³-hybridized carbons (Fsp3) is 0.250. The summed E-state index contributed by atoms with van der Waals surface area (Å²) in [5.74, 6) is 2.88. The van der Waals surface area contributed by atoms with Crippen molar-refractivity contribution in [2.24, 2.45) is 4.99 Å². The maximum atomic E-state index is 5.95.